The van der Waals surface area contributed by atoms with Crippen molar-refractivity contribution in [3.05, 3.63) is 82.2 Å². The Bertz CT molecular complexity index is 1050. The normalized spacial score (nSPS) is 11.2. The molecule has 122 valence electrons. The Morgan fingerprint density at radius 3 is 2.76 bits per heavy atom. The van der Waals surface area contributed by atoms with Gasteiger partial charge in [-0.05, 0) is 35.2 Å². The maximum Gasteiger partial charge on any atom is 0.256 e. The molecule has 1 amide bonds. The number of carbonyl (C=O) groups excluding carboxylic acids is 1. The lowest BCUT2D eigenvalue weighted by Gasteiger charge is -2.07. The Kier molecular flexibility index (Phi) is 4.14. The van der Waals surface area contributed by atoms with Crippen LogP contribution in [0.5, 0.6) is 0 Å². The molecule has 4 aromatic rings. The van der Waals surface area contributed by atoms with Gasteiger partial charge in [-0.1, -0.05) is 42.5 Å². The number of amides is 1. The maximum absolute atomic E-state index is 12.3. The quantitative estimate of drug-likeness (QED) is 0.544. The number of benzene rings is 2. The van der Waals surface area contributed by atoms with Crippen LogP contribution >= 0.6 is 11.3 Å². The number of para-hydroxylation sites is 2. The Morgan fingerprint density at radius 2 is 1.88 bits per heavy atom. The summed E-state index contributed by atoms with van der Waals surface area (Å²) in [7, 11) is 0. The highest BCUT2D eigenvalue weighted by Gasteiger charge is 2.08. The predicted molar refractivity (Wildman–Crippen MR) is 104 cm³/mol. The first-order chi connectivity index (χ1) is 12.3. The van der Waals surface area contributed by atoms with Gasteiger partial charge in [-0.3, -0.25) is 9.89 Å². The number of anilines is 1. The van der Waals surface area contributed by atoms with Crippen molar-refractivity contribution in [2.75, 3.05) is 5.32 Å². The van der Waals surface area contributed by atoms with Crippen LogP contribution in [0.4, 0.5) is 5.69 Å². The summed E-state index contributed by atoms with van der Waals surface area (Å²) in [6.45, 7) is 0. The molecule has 4 rings (SSSR count). The van der Waals surface area contributed by atoms with Gasteiger partial charge >= 0.3 is 0 Å². The first-order valence-corrected chi connectivity index (χ1v) is 8.79. The first kappa shape index (κ1) is 15.4. The van der Waals surface area contributed by atoms with Gasteiger partial charge in [0.25, 0.3) is 5.91 Å². The van der Waals surface area contributed by atoms with Crippen LogP contribution < -0.4 is 5.32 Å². The molecule has 2 aromatic carbocycles. The van der Waals surface area contributed by atoms with Crippen molar-refractivity contribution in [3.63, 3.8) is 0 Å². The fraction of sp³-hybridized carbons (Fsp3) is 0. The van der Waals surface area contributed by atoms with Crippen LogP contribution in [0.25, 0.3) is 23.1 Å². The Labute approximate surface area is 148 Å². The Morgan fingerprint density at radius 1 is 1.04 bits per heavy atom. The number of aromatic amines is 1. The SMILES string of the molecule is O=C(Nc1ccccc1/C=C/c1n[nH]c2ccccc12)c1ccsc1. The molecule has 0 fully saturated rings. The average Bonchev–Trinajstić information content (AvgIpc) is 3.31. The van der Waals surface area contributed by atoms with Crippen LogP contribution in [0.3, 0.4) is 0 Å². The van der Waals surface area contributed by atoms with E-state index in [1.165, 1.54) is 11.3 Å². The summed E-state index contributed by atoms with van der Waals surface area (Å²) in [6.07, 6.45) is 3.92. The minimum atomic E-state index is -0.104. The number of carbonyl (C=O) groups is 1. The molecular formula is C20H15N3OS. The summed E-state index contributed by atoms with van der Waals surface area (Å²) < 4.78 is 0. The molecule has 2 heterocycles. The van der Waals surface area contributed by atoms with Gasteiger partial charge in [-0.25, -0.2) is 0 Å². The summed E-state index contributed by atoms with van der Waals surface area (Å²) in [6, 6.07) is 17.5. The molecule has 0 atom stereocenters. The van der Waals surface area contributed by atoms with Crippen molar-refractivity contribution in [2.24, 2.45) is 0 Å². The number of hydrogen-bond acceptors (Lipinski definition) is 3. The maximum atomic E-state index is 12.3. The second-order valence-corrected chi connectivity index (χ2v) is 6.32. The molecule has 5 heteroatoms. The minimum Gasteiger partial charge on any atom is -0.321 e. The smallest absolute Gasteiger partial charge is 0.256 e. The van der Waals surface area contributed by atoms with Crippen LogP contribution in [0.1, 0.15) is 21.6 Å². The van der Waals surface area contributed by atoms with Crippen molar-refractivity contribution in [3.8, 4) is 0 Å². The van der Waals surface area contributed by atoms with Crippen LogP contribution in [-0.2, 0) is 0 Å². The van der Waals surface area contributed by atoms with E-state index in [2.05, 4.69) is 15.5 Å². The van der Waals surface area contributed by atoms with Crippen molar-refractivity contribution < 1.29 is 4.79 Å². The summed E-state index contributed by atoms with van der Waals surface area (Å²) in [4.78, 5) is 12.3. The number of nitrogens with one attached hydrogen (secondary N) is 2. The van der Waals surface area contributed by atoms with Crippen molar-refractivity contribution in [2.45, 2.75) is 0 Å². The third-order valence-electron chi connectivity index (χ3n) is 3.91. The third-order valence-corrected chi connectivity index (χ3v) is 4.60. The van der Waals surface area contributed by atoms with E-state index in [0.29, 0.717) is 5.56 Å². The van der Waals surface area contributed by atoms with Crippen LogP contribution in [0, 0.1) is 0 Å². The van der Waals surface area contributed by atoms with Crippen molar-refractivity contribution in [1.82, 2.24) is 10.2 Å². The average molecular weight is 345 g/mol. The number of nitrogens with zero attached hydrogens (tertiary/aromatic N) is 1. The largest absolute Gasteiger partial charge is 0.321 e. The fourth-order valence-electron chi connectivity index (χ4n) is 2.62. The molecule has 0 radical (unpaired) electrons. The van der Waals surface area contributed by atoms with Gasteiger partial charge in [0.15, 0.2) is 0 Å². The lowest BCUT2D eigenvalue weighted by Crippen LogP contribution is -2.11. The highest BCUT2D eigenvalue weighted by atomic mass is 32.1. The van der Waals surface area contributed by atoms with Crippen molar-refractivity contribution >= 4 is 46.0 Å². The fourth-order valence-corrected chi connectivity index (χ4v) is 3.26. The van der Waals surface area contributed by atoms with E-state index in [4.69, 9.17) is 0 Å². The van der Waals surface area contributed by atoms with E-state index in [-0.39, 0.29) is 5.91 Å². The van der Waals surface area contributed by atoms with E-state index < -0.39 is 0 Å². The highest BCUT2D eigenvalue weighted by Crippen LogP contribution is 2.22. The third kappa shape index (κ3) is 3.22. The Hall–Kier alpha value is -3.18. The predicted octanol–water partition coefficient (Wildman–Crippen LogP) is 5.05. The second-order valence-electron chi connectivity index (χ2n) is 5.54. The number of H-pyrrole nitrogens is 1. The lowest BCUT2D eigenvalue weighted by atomic mass is 10.1. The van der Waals surface area contributed by atoms with E-state index in [0.717, 1.165) is 27.8 Å². The molecule has 0 aliphatic heterocycles. The molecule has 0 aliphatic carbocycles. The number of aromatic nitrogens is 2. The molecule has 0 saturated carbocycles. The summed E-state index contributed by atoms with van der Waals surface area (Å²) >= 11 is 1.51. The number of thiophene rings is 1. The highest BCUT2D eigenvalue weighted by molar-refractivity contribution is 7.08. The monoisotopic (exact) mass is 345 g/mol. The van der Waals surface area contributed by atoms with E-state index in [1.54, 1.807) is 0 Å². The first-order valence-electron chi connectivity index (χ1n) is 7.85. The summed E-state index contributed by atoms with van der Waals surface area (Å²) in [5, 5.41) is 15.1. The number of fused-ring (bicyclic) bond motifs is 1. The van der Waals surface area contributed by atoms with Gasteiger partial charge in [-0.15, -0.1) is 0 Å². The van der Waals surface area contributed by atoms with E-state index >= 15 is 0 Å². The van der Waals surface area contributed by atoms with E-state index in [9.17, 15) is 4.79 Å². The van der Waals surface area contributed by atoms with E-state index in [1.807, 2.05) is 77.5 Å². The van der Waals surface area contributed by atoms with Crippen LogP contribution in [0.2, 0.25) is 0 Å². The molecule has 25 heavy (non-hydrogen) atoms. The number of hydrogen-bond donors (Lipinski definition) is 2. The van der Waals surface area contributed by atoms with Crippen LogP contribution in [0.15, 0.2) is 65.4 Å². The molecule has 0 bridgehead atoms. The van der Waals surface area contributed by atoms with Gasteiger partial charge < -0.3 is 5.32 Å². The molecule has 0 unspecified atom stereocenters. The molecule has 2 N–H and O–H groups in total. The lowest BCUT2D eigenvalue weighted by molar-refractivity contribution is 0.102. The molecule has 4 nitrogen and oxygen atoms in total. The molecule has 0 spiro atoms. The molecular weight excluding hydrogens is 330 g/mol. The minimum absolute atomic E-state index is 0.104. The zero-order valence-electron chi connectivity index (χ0n) is 13.3. The van der Waals surface area contributed by atoms with Crippen LogP contribution in [-0.4, -0.2) is 16.1 Å². The van der Waals surface area contributed by atoms with Gasteiger partial charge in [0.2, 0.25) is 0 Å². The molecule has 2 aromatic heterocycles. The van der Waals surface area contributed by atoms with Gasteiger partial charge in [-0.2, -0.15) is 16.4 Å². The second kappa shape index (κ2) is 6.75. The molecule has 0 aliphatic rings. The summed E-state index contributed by atoms with van der Waals surface area (Å²) in [5.41, 5.74) is 4.24. The standard InChI is InChI=1S/C20H15N3OS/c24-20(15-11-12-25-13-15)21-17-7-3-1-5-14(17)9-10-19-16-6-2-4-8-18(16)22-23-19/h1-13H,(H,21,24)(H,22,23)/b10-9+. The zero-order chi connectivity index (χ0) is 17.1. The summed E-state index contributed by atoms with van der Waals surface area (Å²) in [5.74, 6) is -0.104. The zero-order valence-corrected chi connectivity index (χ0v) is 14.1. The molecule has 0 saturated heterocycles. The Balaban J connectivity index is 1.61. The topological polar surface area (TPSA) is 57.8 Å². The van der Waals surface area contributed by atoms with Gasteiger partial charge in [0.05, 0.1) is 16.8 Å². The van der Waals surface area contributed by atoms with Gasteiger partial charge in [0.1, 0.15) is 0 Å². The van der Waals surface area contributed by atoms with Crippen molar-refractivity contribution in [1.29, 1.82) is 0 Å². The van der Waals surface area contributed by atoms with Gasteiger partial charge in [0, 0.05) is 16.5 Å². The number of rotatable bonds is 4.